The molecule has 0 aliphatic rings. The Kier molecular flexibility index (Phi) is 5.10. The Morgan fingerprint density at radius 3 is 2.65 bits per heavy atom. The smallest absolute Gasteiger partial charge is 0.236 e. The van der Waals surface area contributed by atoms with E-state index in [0.717, 1.165) is 0 Å². The van der Waals surface area contributed by atoms with E-state index >= 15 is 0 Å². The van der Waals surface area contributed by atoms with E-state index in [1.165, 1.54) is 12.4 Å². The van der Waals surface area contributed by atoms with E-state index in [0.29, 0.717) is 0 Å². The Bertz CT molecular complexity index is 447. The van der Waals surface area contributed by atoms with E-state index in [2.05, 4.69) is 14.7 Å². The Balaban J connectivity index is 2.52. The van der Waals surface area contributed by atoms with Gasteiger partial charge >= 0.3 is 0 Å². The molecule has 17 heavy (non-hydrogen) atoms. The summed E-state index contributed by atoms with van der Waals surface area (Å²) in [5.74, 6) is 0.00844. The SMILES string of the molecule is CC(C)OCCS(=O)(=O)Nc1cnc(Cl)cn1. The van der Waals surface area contributed by atoms with Crippen LogP contribution in [0.2, 0.25) is 5.15 Å². The molecule has 0 fully saturated rings. The maximum atomic E-state index is 11.6. The molecule has 0 amide bonds. The largest absolute Gasteiger partial charge is 0.378 e. The summed E-state index contributed by atoms with van der Waals surface area (Å²) in [6.45, 7) is 3.81. The fourth-order valence-corrected chi connectivity index (χ4v) is 1.91. The van der Waals surface area contributed by atoms with Gasteiger partial charge in [-0.2, -0.15) is 0 Å². The van der Waals surface area contributed by atoms with Gasteiger partial charge in [0.25, 0.3) is 0 Å². The third-order valence-corrected chi connectivity index (χ3v) is 3.10. The maximum absolute atomic E-state index is 11.6. The quantitative estimate of drug-likeness (QED) is 0.849. The predicted octanol–water partition coefficient (Wildman–Crippen LogP) is 1.30. The van der Waals surface area contributed by atoms with Crippen molar-refractivity contribution in [3.05, 3.63) is 17.5 Å². The van der Waals surface area contributed by atoms with E-state index < -0.39 is 10.0 Å². The number of hydrogen-bond donors (Lipinski definition) is 1. The van der Waals surface area contributed by atoms with Crippen molar-refractivity contribution >= 4 is 27.4 Å². The van der Waals surface area contributed by atoms with Gasteiger partial charge in [-0.1, -0.05) is 11.6 Å². The van der Waals surface area contributed by atoms with Gasteiger partial charge in [-0.3, -0.25) is 4.72 Å². The van der Waals surface area contributed by atoms with Crippen molar-refractivity contribution in [1.29, 1.82) is 0 Å². The van der Waals surface area contributed by atoms with Crippen LogP contribution in [-0.4, -0.2) is 36.8 Å². The van der Waals surface area contributed by atoms with Crippen LogP contribution in [0.4, 0.5) is 5.82 Å². The zero-order valence-corrected chi connectivity index (χ0v) is 11.1. The van der Waals surface area contributed by atoms with Gasteiger partial charge in [0, 0.05) is 0 Å². The van der Waals surface area contributed by atoms with Crippen molar-refractivity contribution < 1.29 is 13.2 Å². The third kappa shape index (κ3) is 5.81. The molecule has 0 aliphatic carbocycles. The minimum absolute atomic E-state index is 0.000485. The van der Waals surface area contributed by atoms with Gasteiger partial charge in [-0.05, 0) is 13.8 Å². The van der Waals surface area contributed by atoms with Gasteiger partial charge in [-0.15, -0.1) is 0 Å². The highest BCUT2D eigenvalue weighted by molar-refractivity contribution is 7.92. The normalized spacial score (nSPS) is 11.8. The number of hydrogen-bond acceptors (Lipinski definition) is 5. The monoisotopic (exact) mass is 279 g/mol. The van der Waals surface area contributed by atoms with Crippen LogP contribution in [0.5, 0.6) is 0 Å². The standard InChI is InChI=1S/C9H14ClN3O3S/c1-7(2)16-3-4-17(14,15)13-9-6-11-8(10)5-12-9/h5-7H,3-4H2,1-2H3,(H,12,13). The summed E-state index contributed by atoms with van der Waals surface area (Å²) in [4.78, 5) is 7.50. The number of ether oxygens (including phenoxy) is 1. The fourth-order valence-electron chi connectivity index (χ4n) is 0.969. The Hall–Kier alpha value is -0.920. The zero-order valence-electron chi connectivity index (χ0n) is 9.55. The summed E-state index contributed by atoms with van der Waals surface area (Å²) in [7, 11) is -3.46. The lowest BCUT2D eigenvalue weighted by molar-refractivity contribution is 0.0913. The summed E-state index contributed by atoms with van der Waals surface area (Å²) in [6.07, 6.45) is 2.52. The highest BCUT2D eigenvalue weighted by Crippen LogP contribution is 2.07. The van der Waals surface area contributed by atoms with Crippen LogP contribution in [-0.2, 0) is 14.8 Å². The van der Waals surface area contributed by atoms with Gasteiger partial charge in [0.1, 0.15) is 5.15 Å². The number of sulfonamides is 1. The summed E-state index contributed by atoms with van der Waals surface area (Å²) in [5.41, 5.74) is 0. The molecular weight excluding hydrogens is 266 g/mol. The maximum Gasteiger partial charge on any atom is 0.236 e. The first-order valence-corrected chi connectivity index (χ1v) is 7.02. The molecule has 0 aromatic carbocycles. The van der Waals surface area contributed by atoms with Gasteiger partial charge in [0.2, 0.25) is 10.0 Å². The number of aromatic nitrogens is 2. The molecule has 6 nitrogen and oxygen atoms in total. The first-order chi connectivity index (χ1) is 7.89. The molecule has 1 heterocycles. The van der Waals surface area contributed by atoms with E-state index in [1.807, 2.05) is 13.8 Å². The van der Waals surface area contributed by atoms with Gasteiger partial charge in [0.15, 0.2) is 5.82 Å². The minimum atomic E-state index is -3.46. The molecule has 0 atom stereocenters. The second-order valence-electron chi connectivity index (χ2n) is 3.56. The average Bonchev–Trinajstić information content (AvgIpc) is 2.20. The predicted molar refractivity (Wildman–Crippen MR) is 65.5 cm³/mol. The minimum Gasteiger partial charge on any atom is -0.378 e. The van der Waals surface area contributed by atoms with Crippen LogP contribution < -0.4 is 4.72 Å². The Morgan fingerprint density at radius 1 is 1.41 bits per heavy atom. The molecule has 0 aliphatic heterocycles. The van der Waals surface area contributed by atoms with Gasteiger partial charge in [0.05, 0.1) is 30.9 Å². The molecule has 0 bridgehead atoms. The van der Waals surface area contributed by atoms with Crippen molar-refractivity contribution in [2.45, 2.75) is 20.0 Å². The molecule has 1 N–H and O–H groups in total. The van der Waals surface area contributed by atoms with Crippen LogP contribution in [0.3, 0.4) is 0 Å². The van der Waals surface area contributed by atoms with E-state index in [9.17, 15) is 8.42 Å². The second-order valence-corrected chi connectivity index (χ2v) is 5.79. The molecule has 1 rings (SSSR count). The Labute approximate surface area is 105 Å². The van der Waals surface area contributed by atoms with Crippen LogP contribution in [0, 0.1) is 0 Å². The molecule has 0 radical (unpaired) electrons. The molecule has 0 saturated heterocycles. The molecule has 1 aromatic rings. The Morgan fingerprint density at radius 2 is 2.12 bits per heavy atom. The van der Waals surface area contributed by atoms with Crippen molar-refractivity contribution in [2.75, 3.05) is 17.1 Å². The van der Waals surface area contributed by atoms with Gasteiger partial charge in [-0.25, -0.2) is 18.4 Å². The lowest BCUT2D eigenvalue weighted by Gasteiger charge is -2.09. The first-order valence-electron chi connectivity index (χ1n) is 4.99. The van der Waals surface area contributed by atoms with Crippen LogP contribution in [0.15, 0.2) is 12.4 Å². The molecule has 1 aromatic heterocycles. The van der Waals surface area contributed by atoms with Crippen molar-refractivity contribution in [3.63, 3.8) is 0 Å². The highest BCUT2D eigenvalue weighted by Gasteiger charge is 2.11. The summed E-state index contributed by atoms with van der Waals surface area (Å²) >= 11 is 5.53. The fraction of sp³-hybridized carbons (Fsp3) is 0.556. The van der Waals surface area contributed by atoms with E-state index in [4.69, 9.17) is 16.3 Å². The summed E-state index contributed by atoms with van der Waals surface area (Å²) < 4.78 is 30.6. The van der Waals surface area contributed by atoms with Crippen LogP contribution in [0.25, 0.3) is 0 Å². The third-order valence-electron chi connectivity index (χ3n) is 1.68. The van der Waals surface area contributed by atoms with Gasteiger partial charge < -0.3 is 4.74 Å². The van der Waals surface area contributed by atoms with E-state index in [1.54, 1.807) is 0 Å². The number of halogens is 1. The summed E-state index contributed by atoms with van der Waals surface area (Å²) in [5, 5.41) is 0.205. The average molecular weight is 280 g/mol. The van der Waals surface area contributed by atoms with E-state index in [-0.39, 0.29) is 29.4 Å². The molecule has 8 heteroatoms. The number of anilines is 1. The molecule has 0 unspecified atom stereocenters. The first kappa shape index (κ1) is 14.1. The number of rotatable bonds is 6. The molecule has 96 valence electrons. The second kappa shape index (κ2) is 6.13. The molecule has 0 spiro atoms. The lowest BCUT2D eigenvalue weighted by Crippen LogP contribution is -2.22. The zero-order chi connectivity index (χ0) is 12.9. The van der Waals surface area contributed by atoms with Crippen molar-refractivity contribution in [2.24, 2.45) is 0 Å². The number of nitrogens with one attached hydrogen (secondary N) is 1. The highest BCUT2D eigenvalue weighted by atomic mass is 35.5. The van der Waals surface area contributed by atoms with Crippen LogP contribution in [0.1, 0.15) is 13.8 Å². The van der Waals surface area contributed by atoms with Crippen LogP contribution >= 0.6 is 11.6 Å². The topological polar surface area (TPSA) is 81.2 Å². The lowest BCUT2D eigenvalue weighted by atomic mass is 10.5. The van der Waals surface area contributed by atoms with Crippen molar-refractivity contribution in [1.82, 2.24) is 9.97 Å². The molecular formula is C9H14ClN3O3S. The van der Waals surface area contributed by atoms with Crippen molar-refractivity contribution in [3.8, 4) is 0 Å². The number of nitrogens with zero attached hydrogens (tertiary/aromatic N) is 2. The molecule has 0 saturated carbocycles. The summed E-state index contributed by atoms with van der Waals surface area (Å²) in [6, 6.07) is 0.